The molecule has 0 spiro atoms. The molecular weight excluding hydrogens is 262 g/mol. The summed E-state index contributed by atoms with van der Waals surface area (Å²) in [5.41, 5.74) is 0.997. The molecule has 1 heterocycles. The van der Waals surface area contributed by atoms with Crippen LogP contribution in [0.5, 0.6) is 5.75 Å². The molecule has 0 bridgehead atoms. The van der Waals surface area contributed by atoms with Gasteiger partial charge < -0.3 is 10.2 Å². The summed E-state index contributed by atoms with van der Waals surface area (Å²) in [7, 11) is 0. The predicted molar refractivity (Wildman–Crippen MR) is 73.7 cm³/mol. The molecule has 0 fully saturated rings. The number of aromatic nitrogens is 1. The normalized spacial score (nSPS) is 12.3. The van der Waals surface area contributed by atoms with Crippen molar-refractivity contribution < 1.29 is 15.0 Å². The van der Waals surface area contributed by atoms with E-state index < -0.39 is 5.97 Å². The van der Waals surface area contributed by atoms with Gasteiger partial charge in [-0.2, -0.15) is 0 Å². The summed E-state index contributed by atoms with van der Waals surface area (Å²) in [5.74, 6) is -0.735. The number of aliphatic carboxylic acids is 1. The quantitative estimate of drug-likeness (QED) is 0.881. The van der Waals surface area contributed by atoms with Crippen molar-refractivity contribution in [1.29, 1.82) is 0 Å². The first-order valence-electron chi connectivity index (χ1n) is 5.96. The Morgan fingerprint density at radius 2 is 2.05 bits per heavy atom. The maximum absolute atomic E-state index is 11.0. The minimum absolute atomic E-state index is 0.0633. The minimum Gasteiger partial charge on any atom is -0.508 e. The van der Waals surface area contributed by atoms with Gasteiger partial charge in [0.1, 0.15) is 5.75 Å². The van der Waals surface area contributed by atoms with Crippen LogP contribution < -0.4 is 0 Å². The Morgan fingerprint density at radius 1 is 1.37 bits per heavy atom. The van der Waals surface area contributed by atoms with Crippen LogP contribution in [0.4, 0.5) is 0 Å². The lowest BCUT2D eigenvalue weighted by atomic mass is 9.97. The summed E-state index contributed by atoms with van der Waals surface area (Å²) in [5, 5.41) is 19.1. The van der Waals surface area contributed by atoms with Crippen LogP contribution in [0.15, 0.2) is 30.5 Å². The molecule has 2 aromatic rings. The fourth-order valence-corrected chi connectivity index (χ4v) is 2.81. The van der Waals surface area contributed by atoms with Crippen LogP contribution in [0.3, 0.4) is 0 Å². The number of thiazole rings is 1. The average Bonchev–Trinajstić information content (AvgIpc) is 2.77. The molecule has 0 aliphatic rings. The molecular formula is C14H15NO3S. The van der Waals surface area contributed by atoms with Gasteiger partial charge in [0.25, 0.3) is 0 Å². The van der Waals surface area contributed by atoms with E-state index in [1.165, 1.54) is 11.3 Å². The van der Waals surface area contributed by atoms with Crippen LogP contribution in [0.1, 0.15) is 27.8 Å². The summed E-state index contributed by atoms with van der Waals surface area (Å²) in [6.07, 6.45) is 2.44. The van der Waals surface area contributed by atoms with Crippen molar-refractivity contribution in [1.82, 2.24) is 4.98 Å². The van der Waals surface area contributed by atoms with Gasteiger partial charge in [0.2, 0.25) is 0 Å². The van der Waals surface area contributed by atoms with Crippen molar-refractivity contribution in [2.75, 3.05) is 0 Å². The van der Waals surface area contributed by atoms with Gasteiger partial charge >= 0.3 is 5.97 Å². The van der Waals surface area contributed by atoms with Crippen LogP contribution in [-0.2, 0) is 11.2 Å². The Labute approximate surface area is 115 Å². The van der Waals surface area contributed by atoms with E-state index in [-0.39, 0.29) is 18.1 Å². The molecule has 1 aromatic carbocycles. The predicted octanol–water partition coefficient (Wildman–Crippen LogP) is 2.96. The monoisotopic (exact) mass is 277 g/mol. The molecule has 1 unspecified atom stereocenters. The lowest BCUT2D eigenvalue weighted by Gasteiger charge is -2.12. The maximum atomic E-state index is 11.0. The van der Waals surface area contributed by atoms with Crippen molar-refractivity contribution in [3.63, 3.8) is 0 Å². The molecule has 0 saturated carbocycles. The Hall–Kier alpha value is -1.88. The zero-order valence-electron chi connectivity index (χ0n) is 10.5. The molecule has 0 amide bonds. The lowest BCUT2D eigenvalue weighted by Crippen LogP contribution is -2.09. The summed E-state index contributed by atoms with van der Waals surface area (Å²) >= 11 is 1.54. The van der Waals surface area contributed by atoms with Gasteiger partial charge in [0.15, 0.2) is 0 Å². The zero-order chi connectivity index (χ0) is 13.8. The Kier molecular flexibility index (Phi) is 4.16. The zero-order valence-corrected chi connectivity index (χ0v) is 11.4. The molecule has 100 valence electrons. The van der Waals surface area contributed by atoms with Crippen molar-refractivity contribution in [2.24, 2.45) is 0 Å². The third kappa shape index (κ3) is 3.79. The van der Waals surface area contributed by atoms with E-state index >= 15 is 0 Å². The number of rotatable bonds is 5. The van der Waals surface area contributed by atoms with Crippen molar-refractivity contribution in [3.05, 3.63) is 45.9 Å². The largest absolute Gasteiger partial charge is 0.508 e. The van der Waals surface area contributed by atoms with E-state index in [0.717, 1.165) is 15.4 Å². The van der Waals surface area contributed by atoms with Gasteiger partial charge in [-0.1, -0.05) is 12.1 Å². The van der Waals surface area contributed by atoms with Gasteiger partial charge in [-0.3, -0.25) is 4.79 Å². The standard InChI is InChI=1S/C14H15NO3S/c1-9-8-15-14(19-9)11(7-13(17)18)6-10-2-4-12(16)5-3-10/h2-5,8,11,16H,6-7H2,1H3,(H,17,18). The molecule has 2 rings (SSSR count). The molecule has 0 saturated heterocycles. The first-order valence-corrected chi connectivity index (χ1v) is 6.78. The van der Waals surface area contributed by atoms with E-state index in [2.05, 4.69) is 4.98 Å². The highest BCUT2D eigenvalue weighted by atomic mass is 32.1. The molecule has 1 atom stereocenters. The SMILES string of the molecule is Cc1cnc(C(CC(=O)O)Cc2ccc(O)cc2)s1. The molecule has 2 N–H and O–H groups in total. The highest BCUT2D eigenvalue weighted by molar-refractivity contribution is 7.11. The number of carboxylic acids is 1. The van der Waals surface area contributed by atoms with Crippen molar-refractivity contribution in [2.45, 2.75) is 25.7 Å². The van der Waals surface area contributed by atoms with E-state index in [9.17, 15) is 9.90 Å². The fraction of sp³-hybridized carbons (Fsp3) is 0.286. The van der Waals surface area contributed by atoms with E-state index in [0.29, 0.717) is 6.42 Å². The van der Waals surface area contributed by atoms with Gasteiger partial charge in [0.05, 0.1) is 11.4 Å². The van der Waals surface area contributed by atoms with Crippen LogP contribution in [-0.4, -0.2) is 21.2 Å². The van der Waals surface area contributed by atoms with Gasteiger partial charge in [-0.15, -0.1) is 11.3 Å². The molecule has 1 aromatic heterocycles. The third-order valence-corrected chi connectivity index (χ3v) is 3.90. The fourth-order valence-electron chi connectivity index (χ4n) is 1.94. The number of hydrogen-bond acceptors (Lipinski definition) is 4. The number of phenols is 1. The number of phenolic OH excluding ortho intramolecular Hbond substituents is 1. The van der Waals surface area contributed by atoms with Gasteiger partial charge in [-0.25, -0.2) is 4.98 Å². The first-order chi connectivity index (χ1) is 9.04. The minimum atomic E-state index is -0.823. The third-order valence-electron chi connectivity index (χ3n) is 2.83. The second-order valence-corrected chi connectivity index (χ2v) is 5.74. The highest BCUT2D eigenvalue weighted by Gasteiger charge is 2.19. The van der Waals surface area contributed by atoms with Crippen LogP contribution in [0, 0.1) is 6.92 Å². The van der Waals surface area contributed by atoms with Crippen molar-refractivity contribution >= 4 is 17.3 Å². The number of nitrogens with zero attached hydrogens (tertiary/aromatic N) is 1. The van der Waals surface area contributed by atoms with Gasteiger partial charge in [0, 0.05) is 17.0 Å². The number of benzene rings is 1. The summed E-state index contributed by atoms with van der Waals surface area (Å²) in [4.78, 5) is 16.3. The number of aromatic hydroxyl groups is 1. The molecule has 5 heteroatoms. The smallest absolute Gasteiger partial charge is 0.304 e. The van der Waals surface area contributed by atoms with Crippen LogP contribution >= 0.6 is 11.3 Å². The van der Waals surface area contributed by atoms with Gasteiger partial charge in [-0.05, 0) is 31.0 Å². The number of hydrogen-bond donors (Lipinski definition) is 2. The number of carboxylic acid groups (broad SMARTS) is 1. The number of carbonyl (C=O) groups is 1. The molecule has 0 radical (unpaired) electrons. The summed E-state index contributed by atoms with van der Waals surface area (Å²) in [6.45, 7) is 1.96. The maximum Gasteiger partial charge on any atom is 0.304 e. The second kappa shape index (κ2) is 5.84. The molecule has 0 aliphatic heterocycles. The Morgan fingerprint density at radius 3 is 2.58 bits per heavy atom. The van der Waals surface area contributed by atoms with E-state index in [1.807, 2.05) is 19.1 Å². The lowest BCUT2D eigenvalue weighted by molar-refractivity contribution is -0.137. The van der Waals surface area contributed by atoms with E-state index in [4.69, 9.17) is 5.11 Å². The summed E-state index contributed by atoms with van der Waals surface area (Å²) < 4.78 is 0. The second-order valence-electron chi connectivity index (χ2n) is 4.47. The molecule has 19 heavy (non-hydrogen) atoms. The van der Waals surface area contributed by atoms with Crippen molar-refractivity contribution in [3.8, 4) is 5.75 Å². The van der Waals surface area contributed by atoms with Crippen LogP contribution in [0.25, 0.3) is 0 Å². The summed E-state index contributed by atoms with van der Waals surface area (Å²) in [6, 6.07) is 6.84. The Bertz CT molecular complexity index is 562. The first kappa shape index (κ1) is 13.5. The van der Waals surface area contributed by atoms with Crippen LogP contribution in [0.2, 0.25) is 0 Å². The topological polar surface area (TPSA) is 70.4 Å². The molecule has 4 nitrogen and oxygen atoms in total. The van der Waals surface area contributed by atoms with E-state index in [1.54, 1.807) is 18.3 Å². The molecule has 0 aliphatic carbocycles. The highest BCUT2D eigenvalue weighted by Crippen LogP contribution is 2.28. The average molecular weight is 277 g/mol. The Balaban J connectivity index is 2.18. The number of aryl methyl sites for hydroxylation is 1.